The number of hydrogen-bond acceptors (Lipinski definition) is 4. The number of carbonyl (C=O) groups excluding carboxylic acids is 1. The van der Waals surface area contributed by atoms with Gasteiger partial charge in [0.2, 0.25) is 0 Å². The summed E-state index contributed by atoms with van der Waals surface area (Å²) in [6, 6.07) is 10.9. The van der Waals surface area contributed by atoms with Crippen molar-refractivity contribution in [3.63, 3.8) is 0 Å². The number of benzene rings is 1. The summed E-state index contributed by atoms with van der Waals surface area (Å²) < 4.78 is 0. The van der Waals surface area contributed by atoms with Crippen molar-refractivity contribution in [2.75, 3.05) is 5.32 Å². The molecule has 23 heavy (non-hydrogen) atoms. The standard InChI is InChI=1S/C18H21N3O2/c22-17-4-2-1-3-16(17)21-18(23)13-5-7-14(8-6-13)20-15-9-11-19-12-10-15/h5-12,16-17,22H,1-4H2,(H,19,20)(H,21,23). The van der Waals surface area contributed by atoms with E-state index < -0.39 is 6.10 Å². The number of amides is 1. The first kappa shape index (κ1) is 15.5. The Kier molecular flexibility index (Phi) is 4.88. The van der Waals surface area contributed by atoms with Crippen LogP contribution in [0.15, 0.2) is 48.8 Å². The molecular formula is C18H21N3O2. The topological polar surface area (TPSA) is 74.2 Å². The summed E-state index contributed by atoms with van der Waals surface area (Å²) in [5, 5.41) is 16.1. The Balaban J connectivity index is 1.61. The predicted molar refractivity (Wildman–Crippen MR) is 89.7 cm³/mol. The van der Waals surface area contributed by atoms with Gasteiger partial charge >= 0.3 is 0 Å². The molecule has 2 atom stereocenters. The molecule has 1 aliphatic carbocycles. The molecule has 1 amide bonds. The van der Waals surface area contributed by atoms with E-state index in [1.54, 1.807) is 24.5 Å². The lowest BCUT2D eigenvalue weighted by atomic mass is 9.92. The molecule has 0 spiro atoms. The minimum atomic E-state index is -0.430. The number of rotatable bonds is 4. The Labute approximate surface area is 135 Å². The molecule has 1 saturated carbocycles. The molecule has 1 aromatic carbocycles. The Bertz CT molecular complexity index is 643. The normalized spacial score (nSPS) is 20.7. The van der Waals surface area contributed by atoms with Gasteiger partial charge in [0.25, 0.3) is 5.91 Å². The summed E-state index contributed by atoms with van der Waals surface area (Å²) in [7, 11) is 0. The molecule has 0 saturated heterocycles. The lowest BCUT2D eigenvalue weighted by molar-refractivity contribution is 0.0717. The van der Waals surface area contributed by atoms with Crippen LogP contribution in [0.25, 0.3) is 0 Å². The molecule has 1 aliphatic rings. The van der Waals surface area contributed by atoms with Gasteiger partial charge in [0, 0.05) is 29.3 Å². The van der Waals surface area contributed by atoms with E-state index in [4.69, 9.17) is 0 Å². The average Bonchev–Trinajstić information content (AvgIpc) is 2.58. The van der Waals surface area contributed by atoms with Crippen LogP contribution in [-0.4, -0.2) is 28.1 Å². The van der Waals surface area contributed by atoms with Gasteiger partial charge in [-0.25, -0.2) is 0 Å². The lowest BCUT2D eigenvalue weighted by Crippen LogP contribution is -2.45. The largest absolute Gasteiger partial charge is 0.391 e. The van der Waals surface area contributed by atoms with Crippen LogP contribution >= 0.6 is 0 Å². The minimum absolute atomic E-state index is 0.133. The van der Waals surface area contributed by atoms with Gasteiger partial charge in [-0.1, -0.05) is 12.8 Å². The van der Waals surface area contributed by atoms with Crippen molar-refractivity contribution in [1.29, 1.82) is 0 Å². The van der Waals surface area contributed by atoms with Gasteiger partial charge in [-0.05, 0) is 49.2 Å². The zero-order chi connectivity index (χ0) is 16.1. The number of nitrogens with zero attached hydrogens (tertiary/aromatic N) is 1. The van der Waals surface area contributed by atoms with Crippen LogP contribution in [0.1, 0.15) is 36.0 Å². The van der Waals surface area contributed by atoms with E-state index in [1.165, 1.54) is 0 Å². The molecule has 1 heterocycles. The first-order valence-electron chi connectivity index (χ1n) is 7.98. The molecule has 3 N–H and O–H groups in total. The lowest BCUT2D eigenvalue weighted by Gasteiger charge is -2.28. The molecule has 0 aliphatic heterocycles. The predicted octanol–water partition coefficient (Wildman–Crippen LogP) is 2.86. The number of aromatic nitrogens is 1. The number of anilines is 2. The fraction of sp³-hybridized carbons (Fsp3) is 0.333. The maximum absolute atomic E-state index is 12.3. The third-order valence-electron chi connectivity index (χ3n) is 4.16. The molecule has 2 aromatic rings. The molecular weight excluding hydrogens is 290 g/mol. The minimum Gasteiger partial charge on any atom is -0.391 e. The van der Waals surface area contributed by atoms with Crippen molar-refractivity contribution in [2.45, 2.75) is 37.8 Å². The van der Waals surface area contributed by atoms with Crippen LogP contribution in [0, 0.1) is 0 Å². The Morgan fingerprint density at radius 1 is 1.00 bits per heavy atom. The number of aliphatic hydroxyl groups is 1. The quantitative estimate of drug-likeness (QED) is 0.811. The number of pyridine rings is 1. The van der Waals surface area contributed by atoms with Crippen LogP contribution in [0.4, 0.5) is 11.4 Å². The first-order chi connectivity index (χ1) is 11.2. The zero-order valence-corrected chi connectivity index (χ0v) is 12.9. The van der Waals surface area contributed by atoms with E-state index in [2.05, 4.69) is 15.6 Å². The summed E-state index contributed by atoms with van der Waals surface area (Å²) in [6.45, 7) is 0. The van der Waals surface area contributed by atoms with E-state index in [1.807, 2.05) is 24.3 Å². The molecule has 2 unspecified atom stereocenters. The van der Waals surface area contributed by atoms with Crippen LogP contribution in [0.3, 0.4) is 0 Å². The second-order valence-electron chi connectivity index (χ2n) is 5.87. The number of carbonyl (C=O) groups is 1. The second-order valence-corrected chi connectivity index (χ2v) is 5.87. The third kappa shape index (κ3) is 4.07. The SMILES string of the molecule is O=C(NC1CCCCC1O)c1ccc(Nc2ccncc2)cc1. The maximum Gasteiger partial charge on any atom is 0.251 e. The summed E-state index contributed by atoms with van der Waals surface area (Å²) in [4.78, 5) is 16.2. The van der Waals surface area contributed by atoms with Gasteiger partial charge < -0.3 is 15.7 Å². The van der Waals surface area contributed by atoms with E-state index in [0.29, 0.717) is 5.56 Å². The van der Waals surface area contributed by atoms with Gasteiger partial charge in [0.15, 0.2) is 0 Å². The summed E-state index contributed by atoms with van der Waals surface area (Å²) >= 11 is 0. The van der Waals surface area contributed by atoms with E-state index >= 15 is 0 Å². The highest BCUT2D eigenvalue weighted by molar-refractivity contribution is 5.94. The fourth-order valence-corrected chi connectivity index (χ4v) is 2.84. The maximum atomic E-state index is 12.3. The molecule has 5 heteroatoms. The highest BCUT2D eigenvalue weighted by Crippen LogP contribution is 2.20. The van der Waals surface area contributed by atoms with E-state index in [0.717, 1.165) is 37.1 Å². The smallest absolute Gasteiger partial charge is 0.251 e. The number of hydrogen-bond donors (Lipinski definition) is 3. The van der Waals surface area contributed by atoms with Crippen LogP contribution in [0.5, 0.6) is 0 Å². The van der Waals surface area contributed by atoms with Crippen molar-refractivity contribution in [3.8, 4) is 0 Å². The summed E-state index contributed by atoms with van der Waals surface area (Å²) in [6.07, 6.45) is 6.70. The van der Waals surface area contributed by atoms with Crippen LogP contribution in [-0.2, 0) is 0 Å². The summed E-state index contributed by atoms with van der Waals surface area (Å²) in [5.41, 5.74) is 2.45. The Hall–Kier alpha value is -2.40. The highest BCUT2D eigenvalue weighted by Gasteiger charge is 2.24. The Morgan fingerprint density at radius 3 is 2.35 bits per heavy atom. The van der Waals surface area contributed by atoms with Gasteiger partial charge in [-0.15, -0.1) is 0 Å². The van der Waals surface area contributed by atoms with E-state index in [9.17, 15) is 9.90 Å². The molecule has 120 valence electrons. The summed E-state index contributed by atoms with van der Waals surface area (Å²) in [5.74, 6) is -0.133. The van der Waals surface area contributed by atoms with Gasteiger partial charge in [0.1, 0.15) is 0 Å². The monoisotopic (exact) mass is 311 g/mol. The van der Waals surface area contributed by atoms with Crippen LogP contribution < -0.4 is 10.6 Å². The van der Waals surface area contributed by atoms with Crippen LogP contribution in [0.2, 0.25) is 0 Å². The van der Waals surface area contributed by atoms with Crippen molar-refractivity contribution in [2.24, 2.45) is 0 Å². The molecule has 1 aromatic heterocycles. The highest BCUT2D eigenvalue weighted by atomic mass is 16.3. The average molecular weight is 311 g/mol. The molecule has 0 bridgehead atoms. The van der Waals surface area contributed by atoms with Crippen molar-refractivity contribution >= 4 is 17.3 Å². The van der Waals surface area contributed by atoms with Gasteiger partial charge in [-0.3, -0.25) is 9.78 Å². The van der Waals surface area contributed by atoms with Crippen molar-refractivity contribution < 1.29 is 9.90 Å². The zero-order valence-electron chi connectivity index (χ0n) is 12.9. The Morgan fingerprint density at radius 2 is 1.65 bits per heavy atom. The molecule has 0 radical (unpaired) electrons. The fourth-order valence-electron chi connectivity index (χ4n) is 2.84. The van der Waals surface area contributed by atoms with Crippen molar-refractivity contribution in [3.05, 3.63) is 54.4 Å². The van der Waals surface area contributed by atoms with Gasteiger partial charge in [-0.2, -0.15) is 0 Å². The number of nitrogens with one attached hydrogen (secondary N) is 2. The molecule has 1 fully saturated rings. The first-order valence-corrected chi connectivity index (χ1v) is 7.98. The van der Waals surface area contributed by atoms with E-state index in [-0.39, 0.29) is 11.9 Å². The third-order valence-corrected chi connectivity index (χ3v) is 4.16. The molecule has 3 rings (SSSR count). The second kappa shape index (κ2) is 7.24. The van der Waals surface area contributed by atoms with Gasteiger partial charge in [0.05, 0.1) is 12.1 Å². The number of aliphatic hydroxyl groups excluding tert-OH is 1. The van der Waals surface area contributed by atoms with Crippen molar-refractivity contribution in [1.82, 2.24) is 10.3 Å². The molecule has 5 nitrogen and oxygen atoms in total.